The van der Waals surface area contributed by atoms with Crippen molar-refractivity contribution in [2.45, 2.75) is 19.8 Å². The zero-order valence-corrected chi connectivity index (χ0v) is 10.9. The van der Waals surface area contributed by atoms with Crippen LogP contribution in [0.2, 0.25) is 0 Å². The normalized spacial score (nSPS) is 10.7. The Hall–Kier alpha value is -0.650. The van der Waals surface area contributed by atoms with Crippen LogP contribution < -0.4 is 10.6 Å². The van der Waals surface area contributed by atoms with Crippen LogP contribution in [0.4, 0.5) is 5.13 Å². The van der Waals surface area contributed by atoms with Gasteiger partial charge in [0, 0.05) is 25.6 Å². The van der Waals surface area contributed by atoms with E-state index >= 15 is 0 Å². The largest absolute Gasteiger partial charge is 0.383 e. The molecule has 1 aromatic heterocycles. The highest BCUT2D eigenvalue weighted by Crippen LogP contribution is 2.20. The van der Waals surface area contributed by atoms with E-state index < -0.39 is 0 Å². The van der Waals surface area contributed by atoms with E-state index in [0.717, 1.165) is 49.9 Å². The Kier molecular flexibility index (Phi) is 6.37. The van der Waals surface area contributed by atoms with Gasteiger partial charge in [-0.2, -0.15) is 0 Å². The summed E-state index contributed by atoms with van der Waals surface area (Å²) in [6.45, 7) is 5.41. The SMILES string of the molecule is CCc1csc(N(CCCN)CCOC)n1. The third-order valence-corrected chi connectivity index (χ3v) is 3.32. The number of nitrogens with zero attached hydrogens (tertiary/aromatic N) is 2. The molecule has 2 N–H and O–H groups in total. The van der Waals surface area contributed by atoms with Gasteiger partial charge in [0.25, 0.3) is 0 Å². The highest BCUT2D eigenvalue weighted by molar-refractivity contribution is 7.13. The molecule has 0 bridgehead atoms. The molecule has 16 heavy (non-hydrogen) atoms. The third-order valence-electron chi connectivity index (χ3n) is 2.37. The number of rotatable bonds is 8. The van der Waals surface area contributed by atoms with E-state index in [9.17, 15) is 0 Å². The first-order valence-corrected chi connectivity index (χ1v) is 6.58. The summed E-state index contributed by atoms with van der Waals surface area (Å²) in [5, 5.41) is 3.21. The number of hydrogen-bond acceptors (Lipinski definition) is 5. The van der Waals surface area contributed by atoms with Gasteiger partial charge in [0.1, 0.15) is 0 Å². The molecular weight excluding hydrogens is 222 g/mol. The quantitative estimate of drug-likeness (QED) is 0.752. The number of methoxy groups -OCH3 is 1. The van der Waals surface area contributed by atoms with Crippen molar-refractivity contribution >= 4 is 16.5 Å². The lowest BCUT2D eigenvalue weighted by atomic mass is 10.4. The smallest absolute Gasteiger partial charge is 0.185 e. The molecule has 0 amide bonds. The lowest BCUT2D eigenvalue weighted by Crippen LogP contribution is -2.29. The van der Waals surface area contributed by atoms with E-state index in [-0.39, 0.29) is 0 Å². The molecule has 0 spiro atoms. The van der Waals surface area contributed by atoms with Crippen molar-refractivity contribution in [2.75, 3.05) is 38.3 Å². The Labute approximate surface area is 101 Å². The first-order chi connectivity index (χ1) is 7.81. The van der Waals surface area contributed by atoms with Crippen LogP contribution in [0.25, 0.3) is 0 Å². The predicted molar refractivity (Wildman–Crippen MR) is 69.3 cm³/mol. The van der Waals surface area contributed by atoms with E-state index in [1.54, 1.807) is 18.4 Å². The molecule has 4 nitrogen and oxygen atoms in total. The van der Waals surface area contributed by atoms with Gasteiger partial charge in [0.05, 0.1) is 12.3 Å². The maximum atomic E-state index is 5.54. The second kappa shape index (κ2) is 7.60. The van der Waals surface area contributed by atoms with Gasteiger partial charge in [-0.1, -0.05) is 6.92 Å². The van der Waals surface area contributed by atoms with Crippen molar-refractivity contribution in [1.29, 1.82) is 0 Å². The van der Waals surface area contributed by atoms with E-state index in [0.29, 0.717) is 0 Å². The highest BCUT2D eigenvalue weighted by atomic mass is 32.1. The molecule has 0 aliphatic heterocycles. The number of anilines is 1. The summed E-state index contributed by atoms with van der Waals surface area (Å²) in [4.78, 5) is 6.83. The van der Waals surface area contributed by atoms with Crippen LogP contribution in [-0.2, 0) is 11.2 Å². The third kappa shape index (κ3) is 4.08. The number of ether oxygens (including phenoxy) is 1. The van der Waals surface area contributed by atoms with Gasteiger partial charge >= 0.3 is 0 Å². The minimum absolute atomic E-state index is 0.718. The van der Waals surface area contributed by atoms with Crippen molar-refractivity contribution in [3.63, 3.8) is 0 Å². The number of thiazole rings is 1. The summed E-state index contributed by atoms with van der Waals surface area (Å²) in [5.74, 6) is 0. The molecule has 0 aliphatic carbocycles. The zero-order chi connectivity index (χ0) is 11.8. The van der Waals surface area contributed by atoms with Crippen LogP contribution in [0.5, 0.6) is 0 Å². The van der Waals surface area contributed by atoms with Gasteiger partial charge in [-0.05, 0) is 19.4 Å². The van der Waals surface area contributed by atoms with Crippen LogP contribution in [-0.4, -0.2) is 38.3 Å². The van der Waals surface area contributed by atoms with Crippen LogP contribution >= 0.6 is 11.3 Å². The van der Waals surface area contributed by atoms with E-state index in [4.69, 9.17) is 10.5 Å². The minimum Gasteiger partial charge on any atom is -0.383 e. The monoisotopic (exact) mass is 243 g/mol. The van der Waals surface area contributed by atoms with Gasteiger partial charge < -0.3 is 15.4 Å². The number of hydrogen-bond donors (Lipinski definition) is 1. The Bertz CT molecular complexity index is 283. The van der Waals surface area contributed by atoms with Crippen molar-refractivity contribution in [3.05, 3.63) is 11.1 Å². The second-order valence-electron chi connectivity index (χ2n) is 3.60. The van der Waals surface area contributed by atoms with Gasteiger partial charge in [-0.3, -0.25) is 0 Å². The summed E-state index contributed by atoms with van der Waals surface area (Å²) in [6, 6.07) is 0. The van der Waals surface area contributed by atoms with Crippen LogP contribution in [0, 0.1) is 0 Å². The Balaban J connectivity index is 2.58. The maximum absolute atomic E-state index is 5.54. The molecule has 0 saturated heterocycles. The molecule has 0 atom stereocenters. The fraction of sp³-hybridized carbons (Fsp3) is 0.727. The predicted octanol–water partition coefficient (Wildman–Crippen LogP) is 1.51. The van der Waals surface area contributed by atoms with Crippen LogP contribution in [0.1, 0.15) is 19.0 Å². The van der Waals surface area contributed by atoms with Crippen LogP contribution in [0.15, 0.2) is 5.38 Å². The fourth-order valence-corrected chi connectivity index (χ4v) is 2.35. The topological polar surface area (TPSA) is 51.4 Å². The Morgan fingerprint density at radius 2 is 2.31 bits per heavy atom. The molecule has 5 heteroatoms. The summed E-state index contributed by atoms with van der Waals surface area (Å²) in [7, 11) is 1.72. The molecular formula is C11H21N3OS. The molecule has 0 unspecified atom stereocenters. The standard InChI is InChI=1S/C11H21N3OS/c1-3-10-9-16-11(13-10)14(6-4-5-12)7-8-15-2/h9H,3-8,12H2,1-2H3. The van der Waals surface area contributed by atoms with Gasteiger partial charge in [-0.15, -0.1) is 11.3 Å². The van der Waals surface area contributed by atoms with Crippen molar-refractivity contribution in [1.82, 2.24) is 4.98 Å². The van der Waals surface area contributed by atoms with E-state index in [2.05, 4.69) is 22.2 Å². The highest BCUT2D eigenvalue weighted by Gasteiger charge is 2.09. The molecule has 1 rings (SSSR count). The first kappa shape index (κ1) is 13.4. The van der Waals surface area contributed by atoms with Crippen molar-refractivity contribution in [3.8, 4) is 0 Å². The molecule has 0 aromatic carbocycles. The van der Waals surface area contributed by atoms with E-state index in [1.165, 1.54) is 0 Å². The zero-order valence-electron chi connectivity index (χ0n) is 10.1. The summed E-state index contributed by atoms with van der Waals surface area (Å²) >= 11 is 1.70. The number of nitrogens with two attached hydrogens (primary N) is 1. The molecule has 1 heterocycles. The maximum Gasteiger partial charge on any atom is 0.185 e. The lowest BCUT2D eigenvalue weighted by Gasteiger charge is -2.20. The van der Waals surface area contributed by atoms with Gasteiger partial charge in [0.15, 0.2) is 5.13 Å². The fourth-order valence-electron chi connectivity index (χ4n) is 1.39. The van der Waals surface area contributed by atoms with Gasteiger partial charge in [0.2, 0.25) is 0 Å². The summed E-state index contributed by atoms with van der Waals surface area (Å²) < 4.78 is 5.11. The Morgan fingerprint density at radius 1 is 1.50 bits per heavy atom. The van der Waals surface area contributed by atoms with Crippen molar-refractivity contribution < 1.29 is 4.74 Å². The Morgan fingerprint density at radius 3 is 2.88 bits per heavy atom. The molecule has 0 saturated carbocycles. The summed E-state index contributed by atoms with van der Waals surface area (Å²) in [5.41, 5.74) is 6.70. The van der Waals surface area contributed by atoms with Crippen molar-refractivity contribution in [2.24, 2.45) is 5.73 Å². The average Bonchev–Trinajstić information content (AvgIpc) is 2.78. The van der Waals surface area contributed by atoms with E-state index in [1.807, 2.05) is 0 Å². The first-order valence-electron chi connectivity index (χ1n) is 5.70. The lowest BCUT2D eigenvalue weighted by molar-refractivity contribution is 0.205. The minimum atomic E-state index is 0.718. The molecule has 92 valence electrons. The molecule has 0 fully saturated rings. The number of aromatic nitrogens is 1. The van der Waals surface area contributed by atoms with Gasteiger partial charge in [-0.25, -0.2) is 4.98 Å². The molecule has 0 radical (unpaired) electrons. The molecule has 1 aromatic rings. The average molecular weight is 243 g/mol. The summed E-state index contributed by atoms with van der Waals surface area (Å²) in [6.07, 6.45) is 1.98. The molecule has 0 aliphatic rings. The van der Waals surface area contributed by atoms with Crippen LogP contribution in [0.3, 0.4) is 0 Å². The second-order valence-corrected chi connectivity index (χ2v) is 4.43. The number of aryl methyl sites for hydroxylation is 1.